The van der Waals surface area contributed by atoms with Crippen LogP contribution in [0.5, 0.6) is 0 Å². The first-order chi connectivity index (χ1) is 9.61. The number of carbonyl (C=O) groups excluding carboxylic acids is 2. The van der Waals surface area contributed by atoms with Crippen LogP contribution in [0.25, 0.3) is 0 Å². The summed E-state index contributed by atoms with van der Waals surface area (Å²) >= 11 is 1.48. The van der Waals surface area contributed by atoms with E-state index in [-0.39, 0.29) is 24.2 Å². The van der Waals surface area contributed by atoms with Crippen LogP contribution in [0.4, 0.5) is 4.39 Å². The first kappa shape index (κ1) is 16.5. The number of nitrogens with one attached hydrogen (secondary N) is 2. The summed E-state index contributed by atoms with van der Waals surface area (Å²) in [5.41, 5.74) is 0. The Morgan fingerprint density at radius 2 is 1.85 bits per heavy atom. The molecule has 0 atom stereocenters. The monoisotopic (exact) mass is 298 g/mol. The number of halogens is 1. The minimum absolute atomic E-state index is 0.0139. The first-order valence-corrected chi connectivity index (χ1v) is 7.52. The Morgan fingerprint density at radius 3 is 2.50 bits per heavy atom. The molecule has 1 rings (SSSR count). The van der Waals surface area contributed by atoms with Gasteiger partial charge in [-0.3, -0.25) is 9.59 Å². The van der Waals surface area contributed by atoms with Crippen LogP contribution in [0, 0.1) is 5.82 Å². The lowest BCUT2D eigenvalue weighted by molar-refractivity contribution is -0.125. The molecule has 110 valence electrons. The molecule has 0 fully saturated rings. The molecule has 0 bridgehead atoms. The number of benzene rings is 1. The first-order valence-electron chi connectivity index (χ1n) is 6.53. The van der Waals surface area contributed by atoms with Crippen LogP contribution in [0.15, 0.2) is 29.2 Å². The van der Waals surface area contributed by atoms with E-state index in [1.54, 1.807) is 12.1 Å². The average Bonchev–Trinajstić information content (AvgIpc) is 2.45. The smallest absolute Gasteiger partial charge is 0.239 e. The van der Waals surface area contributed by atoms with Gasteiger partial charge in [-0.05, 0) is 30.7 Å². The predicted molar refractivity (Wildman–Crippen MR) is 78.1 cm³/mol. The fourth-order valence-electron chi connectivity index (χ4n) is 1.39. The van der Waals surface area contributed by atoms with Crippen molar-refractivity contribution in [3.8, 4) is 0 Å². The Morgan fingerprint density at radius 1 is 1.15 bits per heavy atom. The number of thioether (sulfide) groups is 1. The topological polar surface area (TPSA) is 58.2 Å². The molecule has 0 radical (unpaired) electrons. The maximum Gasteiger partial charge on any atom is 0.239 e. The molecule has 2 N–H and O–H groups in total. The molecule has 1 aromatic rings. The molecular weight excluding hydrogens is 279 g/mol. The number of amides is 2. The molecular formula is C14H19FN2O2S. The number of rotatable bonds is 8. The molecule has 4 nitrogen and oxygen atoms in total. The van der Waals surface area contributed by atoms with Crippen molar-refractivity contribution in [2.45, 2.75) is 24.7 Å². The van der Waals surface area contributed by atoms with Gasteiger partial charge in [0.05, 0.1) is 6.54 Å². The molecule has 6 heteroatoms. The van der Waals surface area contributed by atoms with Crippen LogP contribution in [0.2, 0.25) is 0 Å². The highest BCUT2D eigenvalue weighted by atomic mass is 32.2. The van der Waals surface area contributed by atoms with Gasteiger partial charge in [0.25, 0.3) is 0 Å². The third-order valence-electron chi connectivity index (χ3n) is 2.43. The molecule has 0 aliphatic rings. The Labute approximate surface area is 122 Å². The van der Waals surface area contributed by atoms with E-state index < -0.39 is 0 Å². The fraction of sp³-hybridized carbons (Fsp3) is 0.429. The molecule has 0 aliphatic carbocycles. The van der Waals surface area contributed by atoms with Crippen LogP contribution in [-0.4, -0.2) is 30.7 Å². The second-order valence-electron chi connectivity index (χ2n) is 4.18. The van der Waals surface area contributed by atoms with Crippen molar-refractivity contribution in [1.29, 1.82) is 0 Å². The lowest BCUT2D eigenvalue weighted by Crippen LogP contribution is -2.37. The molecule has 0 spiro atoms. The predicted octanol–water partition coefficient (Wildman–Crippen LogP) is 1.95. The van der Waals surface area contributed by atoms with Crippen LogP contribution in [0.3, 0.4) is 0 Å². The average molecular weight is 298 g/mol. The molecule has 2 amide bonds. The summed E-state index contributed by atoms with van der Waals surface area (Å²) in [7, 11) is 0. The van der Waals surface area contributed by atoms with Crippen molar-refractivity contribution in [3.63, 3.8) is 0 Å². The van der Waals surface area contributed by atoms with Crippen molar-refractivity contribution < 1.29 is 14.0 Å². The van der Waals surface area contributed by atoms with Gasteiger partial charge >= 0.3 is 0 Å². The third kappa shape index (κ3) is 7.13. The second kappa shape index (κ2) is 9.36. The summed E-state index contributed by atoms with van der Waals surface area (Å²) < 4.78 is 12.7. The summed E-state index contributed by atoms with van der Waals surface area (Å²) in [6.45, 7) is 2.60. The Kier molecular flexibility index (Phi) is 7.72. The molecule has 0 saturated heterocycles. The SMILES string of the molecule is CCCNC(=O)CNC(=O)CCSc1ccc(F)cc1. The molecule has 0 unspecified atom stereocenters. The maximum atomic E-state index is 12.7. The van der Waals surface area contributed by atoms with Crippen LogP contribution in [0.1, 0.15) is 19.8 Å². The fourth-order valence-corrected chi connectivity index (χ4v) is 2.24. The molecule has 1 aromatic carbocycles. The summed E-state index contributed by atoms with van der Waals surface area (Å²) in [6.07, 6.45) is 1.19. The van der Waals surface area contributed by atoms with Gasteiger partial charge < -0.3 is 10.6 Å². The lowest BCUT2D eigenvalue weighted by atomic mass is 10.4. The van der Waals surface area contributed by atoms with E-state index in [1.807, 2.05) is 6.92 Å². The minimum Gasteiger partial charge on any atom is -0.355 e. The standard InChI is InChI=1S/C14H19FN2O2S/c1-2-8-16-14(19)10-17-13(18)7-9-20-12-5-3-11(15)4-6-12/h3-6H,2,7-10H2,1H3,(H,16,19)(H,17,18). The van der Waals surface area contributed by atoms with Gasteiger partial charge in [0.1, 0.15) is 5.82 Å². The van der Waals surface area contributed by atoms with Crippen LogP contribution >= 0.6 is 11.8 Å². The van der Waals surface area contributed by atoms with Crippen LogP contribution < -0.4 is 10.6 Å². The summed E-state index contributed by atoms with van der Waals surface area (Å²) in [6, 6.07) is 6.13. The zero-order valence-electron chi connectivity index (χ0n) is 11.4. The normalized spacial score (nSPS) is 10.1. The highest BCUT2D eigenvalue weighted by Gasteiger charge is 2.05. The summed E-state index contributed by atoms with van der Waals surface area (Å²) in [5.74, 6) is -0.0172. The summed E-state index contributed by atoms with van der Waals surface area (Å²) in [5, 5.41) is 5.24. The highest BCUT2D eigenvalue weighted by molar-refractivity contribution is 7.99. The number of hydrogen-bond donors (Lipinski definition) is 2. The van der Waals surface area contributed by atoms with E-state index >= 15 is 0 Å². The van der Waals surface area contributed by atoms with E-state index in [2.05, 4.69) is 10.6 Å². The van der Waals surface area contributed by atoms with Crippen molar-refractivity contribution in [3.05, 3.63) is 30.1 Å². The highest BCUT2D eigenvalue weighted by Crippen LogP contribution is 2.18. The van der Waals surface area contributed by atoms with Gasteiger partial charge in [-0.25, -0.2) is 4.39 Å². The van der Waals surface area contributed by atoms with E-state index in [1.165, 1.54) is 23.9 Å². The van der Waals surface area contributed by atoms with Gasteiger partial charge in [-0.2, -0.15) is 0 Å². The summed E-state index contributed by atoms with van der Waals surface area (Å²) in [4.78, 5) is 23.7. The van der Waals surface area contributed by atoms with Crippen molar-refractivity contribution in [1.82, 2.24) is 10.6 Å². The second-order valence-corrected chi connectivity index (χ2v) is 5.35. The van der Waals surface area contributed by atoms with Crippen molar-refractivity contribution in [2.24, 2.45) is 0 Å². The molecule has 0 saturated carbocycles. The van der Waals surface area contributed by atoms with Crippen LogP contribution in [-0.2, 0) is 9.59 Å². The Balaban J connectivity index is 2.14. The van der Waals surface area contributed by atoms with E-state index in [0.29, 0.717) is 18.7 Å². The maximum absolute atomic E-state index is 12.7. The number of carbonyl (C=O) groups is 2. The Hall–Kier alpha value is -1.56. The molecule has 0 aromatic heterocycles. The van der Waals surface area contributed by atoms with Gasteiger partial charge in [-0.1, -0.05) is 6.92 Å². The van der Waals surface area contributed by atoms with Gasteiger partial charge in [0.2, 0.25) is 11.8 Å². The molecule has 0 aliphatic heterocycles. The van der Waals surface area contributed by atoms with Gasteiger partial charge in [-0.15, -0.1) is 11.8 Å². The third-order valence-corrected chi connectivity index (χ3v) is 3.44. The lowest BCUT2D eigenvalue weighted by Gasteiger charge is -2.06. The minimum atomic E-state index is -0.273. The van der Waals surface area contributed by atoms with Crippen molar-refractivity contribution >= 4 is 23.6 Å². The van der Waals surface area contributed by atoms with Gasteiger partial charge in [0.15, 0.2) is 0 Å². The van der Waals surface area contributed by atoms with Crippen molar-refractivity contribution in [2.75, 3.05) is 18.8 Å². The number of hydrogen-bond acceptors (Lipinski definition) is 3. The molecule has 0 heterocycles. The zero-order valence-corrected chi connectivity index (χ0v) is 12.3. The van der Waals surface area contributed by atoms with E-state index in [0.717, 1.165) is 11.3 Å². The largest absolute Gasteiger partial charge is 0.355 e. The molecule has 20 heavy (non-hydrogen) atoms. The van der Waals surface area contributed by atoms with E-state index in [4.69, 9.17) is 0 Å². The quantitative estimate of drug-likeness (QED) is 0.721. The van der Waals surface area contributed by atoms with Gasteiger partial charge in [0, 0.05) is 23.6 Å². The zero-order chi connectivity index (χ0) is 14.8. The van der Waals surface area contributed by atoms with E-state index in [9.17, 15) is 14.0 Å². The Bertz CT molecular complexity index is 437.